The third kappa shape index (κ3) is 7.68. The normalized spacial score (nSPS) is 12.2. The Kier molecular flexibility index (Phi) is 10.1. The van der Waals surface area contributed by atoms with E-state index < -0.39 is 28.5 Å². The van der Waals surface area contributed by atoms with Crippen LogP contribution in [0, 0.1) is 6.92 Å². The number of amides is 2. The minimum Gasteiger partial charge on any atom is -0.352 e. The Morgan fingerprint density at radius 2 is 1.53 bits per heavy atom. The minimum atomic E-state index is -4.10. The number of anilines is 1. The van der Waals surface area contributed by atoms with Crippen LogP contribution in [0.5, 0.6) is 0 Å². The first-order chi connectivity index (χ1) is 17.9. The summed E-state index contributed by atoms with van der Waals surface area (Å²) in [5.74, 6) is -0.823. The first-order valence-electron chi connectivity index (χ1n) is 12.1. The Labute approximate surface area is 241 Å². The molecule has 0 saturated carbocycles. The van der Waals surface area contributed by atoms with E-state index in [4.69, 9.17) is 0 Å². The fourth-order valence-corrected chi connectivity index (χ4v) is 5.83. The van der Waals surface area contributed by atoms with Crippen molar-refractivity contribution in [3.05, 3.63) is 92.9 Å². The molecule has 3 rings (SSSR count). The Balaban J connectivity index is 2.03. The molecule has 202 valence electrons. The number of benzene rings is 3. The zero-order chi connectivity index (χ0) is 28.0. The van der Waals surface area contributed by atoms with Gasteiger partial charge in [-0.25, -0.2) is 8.42 Å². The Morgan fingerprint density at radius 3 is 2.11 bits per heavy atom. The highest BCUT2D eigenvalue weighted by atomic mass is 79.9. The average molecular weight is 665 g/mol. The predicted molar refractivity (Wildman–Crippen MR) is 157 cm³/mol. The Morgan fingerprint density at radius 1 is 0.895 bits per heavy atom. The van der Waals surface area contributed by atoms with Gasteiger partial charge in [0.15, 0.2) is 0 Å². The zero-order valence-electron chi connectivity index (χ0n) is 21.7. The van der Waals surface area contributed by atoms with Crippen LogP contribution in [0.3, 0.4) is 0 Å². The molecule has 3 aromatic carbocycles. The van der Waals surface area contributed by atoms with Crippen molar-refractivity contribution in [2.75, 3.05) is 10.8 Å². The molecular weight excluding hydrogens is 634 g/mol. The van der Waals surface area contributed by atoms with Crippen molar-refractivity contribution in [1.82, 2.24) is 10.2 Å². The van der Waals surface area contributed by atoms with Gasteiger partial charge in [0.05, 0.1) is 10.6 Å². The quantitative estimate of drug-likeness (QED) is 0.303. The van der Waals surface area contributed by atoms with E-state index in [9.17, 15) is 18.0 Å². The summed E-state index contributed by atoms with van der Waals surface area (Å²) in [5.41, 5.74) is 2.05. The highest BCUT2D eigenvalue weighted by molar-refractivity contribution is 9.10. The van der Waals surface area contributed by atoms with Crippen molar-refractivity contribution < 1.29 is 18.0 Å². The van der Waals surface area contributed by atoms with Crippen LogP contribution in [0.1, 0.15) is 31.9 Å². The summed E-state index contributed by atoms with van der Waals surface area (Å²) in [6.07, 6.45) is 0. The molecule has 0 aliphatic carbocycles. The number of nitrogens with one attached hydrogen (secondary N) is 1. The van der Waals surface area contributed by atoms with Gasteiger partial charge in [-0.1, -0.05) is 67.8 Å². The molecule has 2 amide bonds. The maximum Gasteiger partial charge on any atom is 0.264 e. The van der Waals surface area contributed by atoms with Gasteiger partial charge in [0.1, 0.15) is 12.6 Å². The molecule has 0 heterocycles. The third-order valence-electron chi connectivity index (χ3n) is 5.85. The van der Waals surface area contributed by atoms with Crippen molar-refractivity contribution in [1.29, 1.82) is 0 Å². The summed E-state index contributed by atoms with van der Waals surface area (Å²) in [7, 11) is -4.10. The van der Waals surface area contributed by atoms with E-state index in [1.165, 1.54) is 17.0 Å². The summed E-state index contributed by atoms with van der Waals surface area (Å²) >= 11 is 6.81. The van der Waals surface area contributed by atoms with Crippen molar-refractivity contribution in [2.45, 2.75) is 51.2 Å². The smallest absolute Gasteiger partial charge is 0.264 e. The summed E-state index contributed by atoms with van der Waals surface area (Å²) in [6, 6.07) is 19.7. The molecule has 0 saturated heterocycles. The van der Waals surface area contributed by atoms with E-state index in [1.54, 1.807) is 43.3 Å². The second kappa shape index (κ2) is 12.9. The number of aryl methyl sites for hydroxylation is 1. The lowest BCUT2D eigenvalue weighted by molar-refractivity contribution is -0.139. The lowest BCUT2D eigenvalue weighted by Gasteiger charge is -2.32. The number of halogens is 2. The molecule has 38 heavy (non-hydrogen) atoms. The SMILES string of the molecule is Cc1ccc(S(=O)(=O)N(CC(=O)N(Cc2ccc(Br)cc2)[C@@H](C)C(=O)NC(C)C)c2cccc(Br)c2)cc1. The van der Waals surface area contributed by atoms with Crippen LogP contribution in [0.15, 0.2) is 86.6 Å². The fourth-order valence-electron chi connectivity index (χ4n) is 3.77. The highest BCUT2D eigenvalue weighted by Crippen LogP contribution is 2.27. The van der Waals surface area contributed by atoms with Gasteiger partial charge in [0.25, 0.3) is 10.0 Å². The lowest BCUT2D eigenvalue weighted by Crippen LogP contribution is -2.52. The average Bonchev–Trinajstić information content (AvgIpc) is 2.86. The van der Waals surface area contributed by atoms with Gasteiger partial charge >= 0.3 is 0 Å². The second-order valence-electron chi connectivity index (χ2n) is 9.29. The molecule has 0 bridgehead atoms. The minimum absolute atomic E-state index is 0.0703. The molecule has 7 nitrogen and oxygen atoms in total. The van der Waals surface area contributed by atoms with Gasteiger partial charge in [0, 0.05) is 21.5 Å². The number of hydrogen-bond acceptors (Lipinski definition) is 4. The number of carbonyl (C=O) groups excluding carboxylic acids is 2. The van der Waals surface area contributed by atoms with Crippen molar-refractivity contribution in [3.8, 4) is 0 Å². The summed E-state index contributed by atoms with van der Waals surface area (Å²) in [4.78, 5) is 28.3. The van der Waals surface area contributed by atoms with Crippen LogP contribution in [-0.4, -0.2) is 43.8 Å². The summed E-state index contributed by atoms with van der Waals surface area (Å²) in [5, 5.41) is 2.85. The Bertz CT molecular complexity index is 1380. The topological polar surface area (TPSA) is 86.8 Å². The number of carbonyl (C=O) groups is 2. The van der Waals surface area contributed by atoms with Crippen molar-refractivity contribution in [2.24, 2.45) is 0 Å². The Hall–Kier alpha value is -2.69. The molecule has 0 spiro atoms. The molecule has 0 fully saturated rings. The molecule has 0 unspecified atom stereocenters. The number of hydrogen-bond donors (Lipinski definition) is 1. The van der Waals surface area contributed by atoms with E-state index >= 15 is 0 Å². The van der Waals surface area contributed by atoms with Crippen molar-refractivity contribution in [3.63, 3.8) is 0 Å². The lowest BCUT2D eigenvalue weighted by atomic mass is 10.1. The molecule has 0 aromatic heterocycles. The van der Waals surface area contributed by atoms with E-state index in [1.807, 2.05) is 45.0 Å². The largest absolute Gasteiger partial charge is 0.352 e. The van der Waals surface area contributed by atoms with Crippen LogP contribution in [0.4, 0.5) is 5.69 Å². The van der Waals surface area contributed by atoms with E-state index in [-0.39, 0.29) is 23.4 Å². The zero-order valence-corrected chi connectivity index (χ0v) is 25.7. The van der Waals surface area contributed by atoms with Gasteiger partial charge in [-0.15, -0.1) is 0 Å². The monoisotopic (exact) mass is 663 g/mol. The first-order valence-corrected chi connectivity index (χ1v) is 15.1. The molecular formula is C28H31Br2N3O4S. The van der Waals surface area contributed by atoms with Crippen molar-refractivity contribution >= 4 is 59.4 Å². The van der Waals surface area contributed by atoms with E-state index in [2.05, 4.69) is 37.2 Å². The van der Waals surface area contributed by atoms with Crippen LogP contribution in [0.2, 0.25) is 0 Å². The highest BCUT2D eigenvalue weighted by Gasteiger charge is 2.32. The predicted octanol–water partition coefficient (Wildman–Crippen LogP) is 5.66. The molecule has 1 N–H and O–H groups in total. The summed E-state index contributed by atoms with van der Waals surface area (Å²) < 4.78 is 30.3. The van der Waals surface area contributed by atoms with Gasteiger partial charge in [-0.2, -0.15) is 0 Å². The number of rotatable bonds is 10. The number of nitrogens with zero attached hydrogens (tertiary/aromatic N) is 2. The fraction of sp³-hybridized carbons (Fsp3) is 0.286. The second-order valence-corrected chi connectivity index (χ2v) is 13.0. The van der Waals surface area contributed by atoms with Gasteiger partial charge in [-0.3, -0.25) is 13.9 Å². The molecule has 1 atom stereocenters. The van der Waals surface area contributed by atoms with E-state index in [0.717, 1.165) is 19.9 Å². The van der Waals surface area contributed by atoms with Gasteiger partial charge in [0.2, 0.25) is 11.8 Å². The summed E-state index contributed by atoms with van der Waals surface area (Å²) in [6.45, 7) is 6.85. The molecule has 3 aromatic rings. The van der Waals surface area contributed by atoms with Crippen LogP contribution in [0.25, 0.3) is 0 Å². The van der Waals surface area contributed by atoms with Gasteiger partial charge in [-0.05, 0) is 75.7 Å². The van der Waals surface area contributed by atoms with Gasteiger partial charge < -0.3 is 10.2 Å². The molecule has 10 heteroatoms. The number of sulfonamides is 1. The van der Waals surface area contributed by atoms with Crippen LogP contribution >= 0.6 is 31.9 Å². The maximum atomic E-state index is 13.9. The van der Waals surface area contributed by atoms with E-state index in [0.29, 0.717) is 10.2 Å². The third-order valence-corrected chi connectivity index (χ3v) is 8.66. The first kappa shape index (κ1) is 29.9. The maximum absolute atomic E-state index is 13.9. The molecule has 0 radical (unpaired) electrons. The van der Waals surface area contributed by atoms with Crippen LogP contribution < -0.4 is 9.62 Å². The molecule has 0 aliphatic heterocycles. The van der Waals surface area contributed by atoms with Crippen LogP contribution in [-0.2, 0) is 26.2 Å². The molecule has 0 aliphatic rings. The standard InChI is InChI=1S/C28H31Br2N3O4S/c1-19(2)31-28(35)21(4)32(17-22-10-12-23(29)13-11-22)27(34)18-33(25-7-5-6-24(30)16-25)38(36,37)26-14-8-20(3)9-15-26/h5-16,19,21H,17-18H2,1-4H3,(H,31,35)/t21-/m0/s1.